The fraction of sp³-hybridized carbons (Fsp3) is 0.188. The average Bonchev–Trinajstić information content (AvgIpc) is 2.49. The van der Waals surface area contributed by atoms with Crippen LogP contribution in [0.2, 0.25) is 0 Å². The highest BCUT2D eigenvalue weighted by Crippen LogP contribution is 2.36. The smallest absolute Gasteiger partial charge is 0.251 e. The summed E-state index contributed by atoms with van der Waals surface area (Å²) in [6.07, 6.45) is 0.819. The quantitative estimate of drug-likeness (QED) is 0.910. The van der Waals surface area contributed by atoms with Crippen molar-refractivity contribution in [2.75, 3.05) is 5.75 Å². The minimum absolute atomic E-state index is 0.113. The lowest BCUT2D eigenvalue weighted by Gasteiger charge is -2.26. The van der Waals surface area contributed by atoms with Gasteiger partial charge in [0.2, 0.25) is 0 Å². The minimum Gasteiger partial charge on any atom is -0.345 e. The van der Waals surface area contributed by atoms with Crippen LogP contribution < -0.4 is 5.32 Å². The Morgan fingerprint density at radius 1 is 1.20 bits per heavy atom. The number of fused-ring (bicyclic) bond motifs is 1. The van der Waals surface area contributed by atoms with Crippen LogP contribution >= 0.6 is 11.8 Å². The van der Waals surface area contributed by atoms with Gasteiger partial charge in [-0.05, 0) is 42.3 Å². The molecule has 0 saturated heterocycles. The molecule has 1 aliphatic rings. The summed E-state index contributed by atoms with van der Waals surface area (Å²) in [5.41, 5.74) is 1.51. The van der Waals surface area contributed by atoms with E-state index in [1.165, 1.54) is 12.1 Å². The lowest BCUT2D eigenvalue weighted by Crippen LogP contribution is -2.30. The molecule has 1 heterocycles. The Hall–Kier alpha value is -1.81. The predicted molar refractivity (Wildman–Crippen MR) is 78.4 cm³/mol. The summed E-state index contributed by atoms with van der Waals surface area (Å²) in [7, 11) is 0. The Morgan fingerprint density at radius 2 is 2.00 bits per heavy atom. The highest BCUT2D eigenvalue weighted by atomic mass is 32.2. The number of benzene rings is 2. The first-order valence-corrected chi connectivity index (χ1v) is 7.51. The molecular weight excluding hydrogens is 273 g/mol. The third-order valence-corrected chi connectivity index (χ3v) is 4.48. The average molecular weight is 287 g/mol. The summed E-state index contributed by atoms with van der Waals surface area (Å²) in [5, 5.41) is 3.00. The van der Waals surface area contributed by atoms with Gasteiger partial charge in [-0.15, -0.1) is 11.8 Å². The Bertz CT molecular complexity index is 630. The first-order chi connectivity index (χ1) is 9.74. The van der Waals surface area contributed by atoms with Crippen LogP contribution in [0.3, 0.4) is 0 Å². The molecule has 2 nitrogen and oxygen atoms in total. The summed E-state index contributed by atoms with van der Waals surface area (Å²) >= 11 is 1.71. The molecule has 3 rings (SSSR count). The van der Waals surface area contributed by atoms with Gasteiger partial charge in [0.15, 0.2) is 0 Å². The maximum atomic E-state index is 13.4. The van der Waals surface area contributed by atoms with E-state index in [9.17, 15) is 9.18 Å². The standard InChI is InChI=1S/C16H14FNOS/c17-12-6-7-15-13(10-12)14(8-9-20-15)18-16(19)11-4-2-1-3-5-11/h1-7,10,14H,8-9H2,(H,18,19). The highest BCUT2D eigenvalue weighted by Gasteiger charge is 2.23. The highest BCUT2D eigenvalue weighted by molar-refractivity contribution is 7.99. The van der Waals surface area contributed by atoms with Crippen molar-refractivity contribution >= 4 is 17.7 Å². The van der Waals surface area contributed by atoms with Crippen LogP contribution in [0.1, 0.15) is 28.4 Å². The molecule has 1 N–H and O–H groups in total. The van der Waals surface area contributed by atoms with Crippen molar-refractivity contribution in [3.63, 3.8) is 0 Å². The molecule has 102 valence electrons. The van der Waals surface area contributed by atoms with E-state index in [1.54, 1.807) is 30.0 Å². The molecule has 20 heavy (non-hydrogen) atoms. The molecule has 2 aromatic rings. The van der Waals surface area contributed by atoms with Gasteiger partial charge >= 0.3 is 0 Å². The lowest BCUT2D eigenvalue weighted by molar-refractivity contribution is 0.0935. The normalized spacial score (nSPS) is 17.4. The number of thioether (sulfide) groups is 1. The molecule has 0 spiro atoms. The maximum Gasteiger partial charge on any atom is 0.251 e. The molecule has 0 fully saturated rings. The summed E-state index contributed by atoms with van der Waals surface area (Å²) in [6, 6.07) is 13.8. The van der Waals surface area contributed by atoms with Gasteiger partial charge in [0, 0.05) is 16.2 Å². The molecule has 0 saturated carbocycles. The second-order valence-electron chi connectivity index (χ2n) is 4.71. The zero-order chi connectivity index (χ0) is 13.9. The van der Waals surface area contributed by atoms with Crippen LogP contribution in [0, 0.1) is 5.82 Å². The zero-order valence-corrected chi connectivity index (χ0v) is 11.6. The van der Waals surface area contributed by atoms with Gasteiger partial charge in [0.1, 0.15) is 5.82 Å². The number of amides is 1. The predicted octanol–water partition coefficient (Wildman–Crippen LogP) is 3.79. The van der Waals surface area contributed by atoms with Crippen LogP contribution in [0.25, 0.3) is 0 Å². The van der Waals surface area contributed by atoms with E-state index in [-0.39, 0.29) is 17.8 Å². The van der Waals surface area contributed by atoms with E-state index in [0.717, 1.165) is 22.6 Å². The topological polar surface area (TPSA) is 29.1 Å². The second kappa shape index (κ2) is 5.67. The summed E-state index contributed by atoms with van der Waals surface area (Å²) in [5.74, 6) is 0.557. The summed E-state index contributed by atoms with van der Waals surface area (Å²) < 4.78 is 13.4. The molecule has 2 aromatic carbocycles. The van der Waals surface area contributed by atoms with E-state index < -0.39 is 0 Å². The molecule has 0 bridgehead atoms. The van der Waals surface area contributed by atoms with Gasteiger partial charge in [-0.1, -0.05) is 18.2 Å². The Balaban J connectivity index is 1.83. The minimum atomic E-state index is -0.259. The molecule has 1 aliphatic heterocycles. The first kappa shape index (κ1) is 13.2. The Kier molecular flexibility index (Phi) is 3.74. The van der Waals surface area contributed by atoms with Gasteiger partial charge < -0.3 is 5.32 Å². The molecule has 1 amide bonds. The number of hydrogen-bond donors (Lipinski definition) is 1. The number of rotatable bonds is 2. The van der Waals surface area contributed by atoms with Crippen LogP contribution in [-0.4, -0.2) is 11.7 Å². The molecule has 4 heteroatoms. The van der Waals surface area contributed by atoms with E-state index in [1.807, 2.05) is 18.2 Å². The fourth-order valence-electron chi connectivity index (χ4n) is 2.35. The Labute approximate surface area is 121 Å². The zero-order valence-electron chi connectivity index (χ0n) is 10.8. The Morgan fingerprint density at radius 3 is 2.80 bits per heavy atom. The van der Waals surface area contributed by atoms with Crippen LogP contribution in [0.4, 0.5) is 4.39 Å². The molecule has 0 radical (unpaired) electrons. The van der Waals surface area contributed by atoms with Gasteiger partial charge in [-0.25, -0.2) is 4.39 Å². The van der Waals surface area contributed by atoms with E-state index in [4.69, 9.17) is 0 Å². The van der Waals surface area contributed by atoms with Crippen molar-refractivity contribution in [2.24, 2.45) is 0 Å². The van der Waals surface area contributed by atoms with Crippen molar-refractivity contribution in [3.05, 3.63) is 65.5 Å². The van der Waals surface area contributed by atoms with Crippen LogP contribution in [-0.2, 0) is 0 Å². The second-order valence-corrected chi connectivity index (χ2v) is 5.85. The number of carbonyl (C=O) groups is 1. The van der Waals surface area contributed by atoms with E-state index >= 15 is 0 Å². The summed E-state index contributed by atoms with van der Waals surface area (Å²) in [6.45, 7) is 0. The SMILES string of the molecule is O=C(NC1CCSc2ccc(F)cc21)c1ccccc1. The third kappa shape index (κ3) is 2.70. The lowest BCUT2D eigenvalue weighted by atomic mass is 10.0. The van der Waals surface area contributed by atoms with E-state index in [0.29, 0.717) is 5.56 Å². The largest absolute Gasteiger partial charge is 0.345 e. The number of nitrogens with one attached hydrogen (secondary N) is 1. The van der Waals surface area contributed by atoms with Crippen molar-refractivity contribution in [1.82, 2.24) is 5.32 Å². The fourth-order valence-corrected chi connectivity index (χ4v) is 3.45. The van der Waals surface area contributed by atoms with Gasteiger partial charge in [-0.2, -0.15) is 0 Å². The van der Waals surface area contributed by atoms with Crippen molar-refractivity contribution in [1.29, 1.82) is 0 Å². The number of hydrogen-bond acceptors (Lipinski definition) is 2. The first-order valence-electron chi connectivity index (χ1n) is 6.52. The number of carbonyl (C=O) groups excluding carboxylic acids is 1. The third-order valence-electron chi connectivity index (χ3n) is 3.35. The molecule has 0 aromatic heterocycles. The van der Waals surface area contributed by atoms with Crippen LogP contribution in [0.5, 0.6) is 0 Å². The van der Waals surface area contributed by atoms with E-state index in [2.05, 4.69) is 5.32 Å². The van der Waals surface area contributed by atoms with Crippen molar-refractivity contribution < 1.29 is 9.18 Å². The number of halogens is 1. The molecule has 1 atom stereocenters. The molecule has 1 unspecified atom stereocenters. The van der Waals surface area contributed by atoms with Crippen molar-refractivity contribution in [2.45, 2.75) is 17.4 Å². The summed E-state index contributed by atoms with van der Waals surface area (Å²) in [4.78, 5) is 13.2. The van der Waals surface area contributed by atoms with Crippen LogP contribution in [0.15, 0.2) is 53.4 Å². The maximum absolute atomic E-state index is 13.4. The molecule has 0 aliphatic carbocycles. The van der Waals surface area contributed by atoms with Gasteiger partial charge in [0.25, 0.3) is 5.91 Å². The monoisotopic (exact) mass is 287 g/mol. The van der Waals surface area contributed by atoms with Gasteiger partial charge in [0.05, 0.1) is 6.04 Å². The molecular formula is C16H14FNOS. The van der Waals surface area contributed by atoms with Crippen molar-refractivity contribution in [3.8, 4) is 0 Å². The van der Waals surface area contributed by atoms with Gasteiger partial charge in [-0.3, -0.25) is 4.79 Å².